The van der Waals surface area contributed by atoms with E-state index in [-0.39, 0.29) is 0 Å². The van der Waals surface area contributed by atoms with E-state index in [2.05, 4.69) is 9.97 Å². The average Bonchev–Trinajstić information content (AvgIpc) is 2.55. The molecule has 0 unspecified atom stereocenters. The first kappa shape index (κ1) is 13.1. The molecule has 2 aromatic carbocycles. The van der Waals surface area contributed by atoms with Crippen LogP contribution in [-0.4, -0.2) is 17.1 Å². The number of hydrogen-bond donors (Lipinski definition) is 1. The van der Waals surface area contributed by atoms with Crippen molar-refractivity contribution in [3.63, 3.8) is 0 Å². The Bertz CT molecular complexity index is 754. The summed E-state index contributed by atoms with van der Waals surface area (Å²) in [6, 6.07) is 15.4. The van der Waals surface area contributed by atoms with Crippen LogP contribution in [0.5, 0.6) is 5.75 Å². The smallest absolute Gasteiger partial charge is 0.118 e. The van der Waals surface area contributed by atoms with Crippen molar-refractivity contribution < 1.29 is 4.74 Å². The van der Waals surface area contributed by atoms with Crippen molar-refractivity contribution in [2.24, 2.45) is 0 Å². The van der Waals surface area contributed by atoms with Crippen LogP contribution in [0.2, 0.25) is 0 Å². The molecule has 0 atom stereocenters. The summed E-state index contributed by atoms with van der Waals surface area (Å²) in [6.07, 6.45) is 3.49. The van der Waals surface area contributed by atoms with E-state index in [1.54, 1.807) is 19.5 Å². The first-order valence-corrected chi connectivity index (χ1v) is 6.58. The molecule has 0 saturated carbocycles. The van der Waals surface area contributed by atoms with Gasteiger partial charge in [0, 0.05) is 16.8 Å². The second kappa shape index (κ2) is 5.63. The van der Waals surface area contributed by atoms with E-state index in [0.717, 1.165) is 28.3 Å². The van der Waals surface area contributed by atoms with Gasteiger partial charge in [-0.2, -0.15) is 0 Å². The Labute approximate surface area is 123 Å². The van der Waals surface area contributed by atoms with E-state index < -0.39 is 0 Å². The van der Waals surface area contributed by atoms with Gasteiger partial charge in [0.05, 0.1) is 30.9 Å². The number of nitrogens with zero attached hydrogens (tertiary/aromatic N) is 2. The van der Waals surface area contributed by atoms with Crippen molar-refractivity contribution in [3.05, 3.63) is 60.9 Å². The molecule has 0 spiro atoms. The van der Waals surface area contributed by atoms with Gasteiger partial charge in [0.2, 0.25) is 0 Å². The summed E-state index contributed by atoms with van der Waals surface area (Å²) in [6.45, 7) is 0. The lowest BCUT2D eigenvalue weighted by molar-refractivity contribution is 0.415. The first-order valence-electron chi connectivity index (χ1n) is 6.58. The third kappa shape index (κ3) is 2.84. The highest BCUT2D eigenvalue weighted by Crippen LogP contribution is 2.24. The van der Waals surface area contributed by atoms with Crippen molar-refractivity contribution in [2.75, 3.05) is 12.8 Å². The maximum Gasteiger partial charge on any atom is 0.118 e. The van der Waals surface area contributed by atoms with Gasteiger partial charge in [-0.1, -0.05) is 12.1 Å². The fourth-order valence-corrected chi connectivity index (χ4v) is 2.10. The van der Waals surface area contributed by atoms with Gasteiger partial charge in [0.25, 0.3) is 0 Å². The van der Waals surface area contributed by atoms with Gasteiger partial charge in [-0.15, -0.1) is 0 Å². The van der Waals surface area contributed by atoms with Crippen LogP contribution in [0.3, 0.4) is 0 Å². The second-order valence-electron chi connectivity index (χ2n) is 4.64. The predicted octanol–water partition coefficient (Wildman–Crippen LogP) is 3.40. The van der Waals surface area contributed by atoms with Crippen LogP contribution >= 0.6 is 0 Å². The largest absolute Gasteiger partial charge is 0.497 e. The highest BCUT2D eigenvalue weighted by Gasteiger charge is 2.05. The van der Waals surface area contributed by atoms with Crippen LogP contribution in [0, 0.1) is 0 Å². The molecule has 21 heavy (non-hydrogen) atoms. The molecule has 0 amide bonds. The summed E-state index contributed by atoms with van der Waals surface area (Å²) in [4.78, 5) is 8.93. The number of nitrogens with two attached hydrogens (primary N) is 1. The maximum absolute atomic E-state index is 5.81. The van der Waals surface area contributed by atoms with Crippen molar-refractivity contribution >= 4 is 5.69 Å². The average molecular weight is 277 g/mol. The molecule has 4 heteroatoms. The van der Waals surface area contributed by atoms with Crippen molar-refractivity contribution in [1.29, 1.82) is 0 Å². The summed E-state index contributed by atoms with van der Waals surface area (Å²) in [7, 11) is 1.65. The molecular formula is C17H15N3O. The van der Waals surface area contributed by atoms with Gasteiger partial charge in [-0.3, -0.25) is 4.98 Å². The van der Waals surface area contributed by atoms with Crippen molar-refractivity contribution in [1.82, 2.24) is 9.97 Å². The fraction of sp³-hybridized carbons (Fsp3) is 0.0588. The molecule has 104 valence electrons. The van der Waals surface area contributed by atoms with E-state index in [1.807, 2.05) is 48.5 Å². The molecule has 3 aromatic rings. The van der Waals surface area contributed by atoms with E-state index in [4.69, 9.17) is 10.5 Å². The molecule has 2 N–H and O–H groups in total. The first-order chi connectivity index (χ1) is 10.3. The minimum Gasteiger partial charge on any atom is -0.497 e. The predicted molar refractivity (Wildman–Crippen MR) is 83.9 cm³/mol. The van der Waals surface area contributed by atoms with E-state index >= 15 is 0 Å². The molecule has 0 fully saturated rings. The third-order valence-electron chi connectivity index (χ3n) is 3.20. The quantitative estimate of drug-likeness (QED) is 0.745. The molecule has 0 aliphatic rings. The number of aromatic nitrogens is 2. The molecule has 0 aliphatic heterocycles. The zero-order valence-corrected chi connectivity index (χ0v) is 11.7. The molecule has 0 radical (unpaired) electrons. The summed E-state index contributed by atoms with van der Waals surface area (Å²) in [5.41, 5.74) is 10.1. The maximum atomic E-state index is 5.81. The summed E-state index contributed by atoms with van der Waals surface area (Å²) < 4.78 is 5.16. The Morgan fingerprint density at radius 1 is 0.905 bits per heavy atom. The number of hydrogen-bond acceptors (Lipinski definition) is 4. The lowest BCUT2D eigenvalue weighted by Gasteiger charge is -2.06. The van der Waals surface area contributed by atoms with Gasteiger partial charge >= 0.3 is 0 Å². The van der Waals surface area contributed by atoms with E-state index in [0.29, 0.717) is 5.69 Å². The molecule has 0 saturated heterocycles. The Kier molecular flexibility index (Phi) is 3.51. The highest BCUT2D eigenvalue weighted by atomic mass is 16.5. The molecule has 4 nitrogen and oxygen atoms in total. The minimum atomic E-state index is 0.712. The monoisotopic (exact) mass is 277 g/mol. The number of nitrogen functional groups attached to an aromatic ring is 1. The standard InChI is InChI=1S/C17H15N3O/c1-21-15-7-5-12(6-8-15)16-10-19-11-17(20-16)13-3-2-4-14(18)9-13/h2-11H,18H2,1H3. The van der Waals surface area contributed by atoms with Crippen LogP contribution in [0.4, 0.5) is 5.69 Å². The van der Waals surface area contributed by atoms with Gasteiger partial charge in [0.15, 0.2) is 0 Å². The summed E-state index contributed by atoms with van der Waals surface area (Å²) >= 11 is 0. The molecule has 0 bridgehead atoms. The van der Waals surface area contributed by atoms with Crippen molar-refractivity contribution in [2.45, 2.75) is 0 Å². The van der Waals surface area contributed by atoms with Gasteiger partial charge in [-0.25, -0.2) is 4.98 Å². The second-order valence-corrected chi connectivity index (χ2v) is 4.64. The van der Waals surface area contributed by atoms with E-state index in [1.165, 1.54) is 0 Å². The fourth-order valence-electron chi connectivity index (χ4n) is 2.10. The Morgan fingerprint density at radius 3 is 2.29 bits per heavy atom. The van der Waals surface area contributed by atoms with Gasteiger partial charge in [0.1, 0.15) is 5.75 Å². The summed E-state index contributed by atoms with van der Waals surface area (Å²) in [5.74, 6) is 0.818. The van der Waals surface area contributed by atoms with Crippen LogP contribution < -0.4 is 10.5 Å². The number of anilines is 1. The minimum absolute atomic E-state index is 0.712. The topological polar surface area (TPSA) is 61.0 Å². The third-order valence-corrected chi connectivity index (χ3v) is 3.20. The van der Waals surface area contributed by atoms with Gasteiger partial charge < -0.3 is 10.5 Å². The normalized spacial score (nSPS) is 10.3. The lowest BCUT2D eigenvalue weighted by Crippen LogP contribution is -1.92. The number of rotatable bonds is 3. The van der Waals surface area contributed by atoms with Crippen LogP contribution in [0.25, 0.3) is 22.5 Å². The van der Waals surface area contributed by atoms with Crippen LogP contribution in [0.15, 0.2) is 60.9 Å². The number of ether oxygens (including phenoxy) is 1. The Morgan fingerprint density at radius 2 is 1.62 bits per heavy atom. The SMILES string of the molecule is COc1ccc(-c2cncc(-c3cccc(N)c3)n2)cc1. The Balaban J connectivity index is 1.99. The van der Waals surface area contributed by atoms with Crippen LogP contribution in [-0.2, 0) is 0 Å². The zero-order valence-electron chi connectivity index (χ0n) is 11.7. The zero-order chi connectivity index (χ0) is 14.7. The van der Waals surface area contributed by atoms with Crippen LogP contribution in [0.1, 0.15) is 0 Å². The van der Waals surface area contributed by atoms with Gasteiger partial charge in [-0.05, 0) is 36.4 Å². The van der Waals surface area contributed by atoms with E-state index in [9.17, 15) is 0 Å². The molecular weight excluding hydrogens is 262 g/mol. The molecule has 3 rings (SSSR count). The van der Waals surface area contributed by atoms with Crippen molar-refractivity contribution in [3.8, 4) is 28.3 Å². The number of benzene rings is 2. The molecule has 0 aliphatic carbocycles. The molecule has 1 heterocycles. The Hall–Kier alpha value is -2.88. The number of methoxy groups -OCH3 is 1. The highest BCUT2D eigenvalue weighted by molar-refractivity contribution is 5.67. The lowest BCUT2D eigenvalue weighted by atomic mass is 10.1. The molecule has 1 aromatic heterocycles. The summed E-state index contributed by atoms with van der Waals surface area (Å²) in [5, 5.41) is 0.